The highest BCUT2D eigenvalue weighted by molar-refractivity contribution is 14.0. The number of hydrogen-bond donors (Lipinski definition) is 2. The van der Waals surface area contributed by atoms with Gasteiger partial charge in [-0.15, -0.1) is 24.0 Å². The largest absolute Gasteiger partial charge is 0.382 e. The maximum Gasteiger partial charge on any atom is 0.191 e. The molecule has 1 unspecified atom stereocenters. The van der Waals surface area contributed by atoms with Crippen LogP contribution in [-0.4, -0.2) is 70.6 Å². The number of halogens is 2. The first-order chi connectivity index (χ1) is 12.7. The van der Waals surface area contributed by atoms with Crippen LogP contribution in [0.15, 0.2) is 23.3 Å². The van der Waals surface area contributed by atoms with E-state index in [1.165, 1.54) is 0 Å². The van der Waals surface area contributed by atoms with Gasteiger partial charge >= 0.3 is 0 Å². The molecule has 1 aliphatic rings. The Kier molecular flexibility index (Phi) is 12.7. The highest BCUT2D eigenvalue weighted by Crippen LogP contribution is 2.25. The second-order valence-corrected chi connectivity index (χ2v) is 6.60. The van der Waals surface area contributed by atoms with E-state index in [9.17, 15) is 0 Å². The highest BCUT2D eigenvalue weighted by Gasteiger charge is 2.25. The van der Waals surface area contributed by atoms with Crippen LogP contribution < -0.4 is 15.5 Å². The van der Waals surface area contributed by atoms with Crippen molar-refractivity contribution < 1.29 is 9.47 Å². The topological polar surface area (TPSA) is 71.0 Å². The van der Waals surface area contributed by atoms with E-state index in [1.54, 1.807) is 20.4 Å². The van der Waals surface area contributed by atoms with Crippen molar-refractivity contribution in [2.45, 2.75) is 25.3 Å². The van der Waals surface area contributed by atoms with Crippen LogP contribution in [0.4, 0.5) is 5.82 Å². The normalized spacial score (nSPS) is 16.9. The van der Waals surface area contributed by atoms with E-state index in [2.05, 4.69) is 25.5 Å². The Balaban J connectivity index is 0.00000364. The van der Waals surface area contributed by atoms with Gasteiger partial charge in [-0.25, -0.2) is 4.98 Å². The van der Waals surface area contributed by atoms with Crippen molar-refractivity contribution in [2.24, 2.45) is 4.99 Å². The average molecular weight is 512 g/mol. The molecule has 0 amide bonds. The lowest BCUT2D eigenvalue weighted by atomic mass is 10.3. The number of nitrogens with zero attached hydrogens (tertiary/aromatic N) is 3. The van der Waals surface area contributed by atoms with Crippen molar-refractivity contribution >= 4 is 47.4 Å². The number of unbranched alkanes of at least 4 members (excludes halogenated alkanes) is 1. The van der Waals surface area contributed by atoms with Crippen LogP contribution in [0.5, 0.6) is 0 Å². The van der Waals surface area contributed by atoms with Crippen LogP contribution in [0.25, 0.3) is 0 Å². The lowest BCUT2D eigenvalue weighted by Crippen LogP contribution is -2.45. The Labute approximate surface area is 184 Å². The predicted octanol–water partition coefficient (Wildman–Crippen LogP) is 2.54. The molecule has 2 rings (SSSR count). The molecule has 1 aromatic rings. The first-order valence-corrected chi connectivity index (χ1v) is 9.51. The van der Waals surface area contributed by atoms with E-state index in [-0.39, 0.29) is 24.0 Å². The molecule has 0 radical (unpaired) electrons. The summed E-state index contributed by atoms with van der Waals surface area (Å²) < 4.78 is 10.4. The molecule has 0 aliphatic carbocycles. The van der Waals surface area contributed by atoms with Gasteiger partial charge in [0.05, 0.1) is 18.2 Å². The van der Waals surface area contributed by atoms with E-state index in [0.717, 1.165) is 57.3 Å². The highest BCUT2D eigenvalue weighted by atomic mass is 127. The van der Waals surface area contributed by atoms with Crippen molar-refractivity contribution in [1.82, 2.24) is 15.6 Å². The van der Waals surface area contributed by atoms with Gasteiger partial charge in [-0.3, -0.25) is 4.99 Å². The van der Waals surface area contributed by atoms with E-state index >= 15 is 0 Å². The van der Waals surface area contributed by atoms with Gasteiger partial charge in [-0.2, -0.15) is 0 Å². The maximum absolute atomic E-state index is 6.25. The summed E-state index contributed by atoms with van der Waals surface area (Å²) in [7, 11) is 3.48. The van der Waals surface area contributed by atoms with Crippen LogP contribution in [0.1, 0.15) is 19.3 Å². The molecule has 9 heteroatoms. The maximum atomic E-state index is 6.25. The van der Waals surface area contributed by atoms with Crippen molar-refractivity contribution in [3.63, 3.8) is 0 Å². The van der Waals surface area contributed by atoms with Crippen LogP contribution in [0.2, 0.25) is 5.02 Å². The van der Waals surface area contributed by atoms with Gasteiger partial charge in [0.15, 0.2) is 5.96 Å². The lowest BCUT2D eigenvalue weighted by Gasteiger charge is -2.20. The third-order valence-electron chi connectivity index (χ3n) is 4.23. The molecule has 1 saturated heterocycles. The molecule has 2 N–H and O–H groups in total. The fourth-order valence-corrected chi connectivity index (χ4v) is 3.09. The average Bonchev–Trinajstić information content (AvgIpc) is 3.11. The summed E-state index contributed by atoms with van der Waals surface area (Å²) in [6, 6.07) is 4.06. The molecule has 0 aromatic carbocycles. The van der Waals surface area contributed by atoms with Crippen molar-refractivity contribution in [3.8, 4) is 0 Å². The number of hydrogen-bond acceptors (Lipinski definition) is 5. The molecule has 154 valence electrons. The lowest BCUT2D eigenvalue weighted by molar-refractivity contribution is 0.0689. The van der Waals surface area contributed by atoms with Gasteiger partial charge in [-0.1, -0.05) is 11.6 Å². The van der Waals surface area contributed by atoms with Gasteiger partial charge in [0, 0.05) is 52.6 Å². The Morgan fingerprint density at radius 1 is 1.37 bits per heavy atom. The molecule has 7 nitrogen and oxygen atoms in total. The Hall–Kier alpha value is -0.840. The molecule has 27 heavy (non-hydrogen) atoms. The van der Waals surface area contributed by atoms with E-state index in [1.807, 2.05) is 12.1 Å². The number of guanidine groups is 1. The number of rotatable bonds is 10. The smallest absolute Gasteiger partial charge is 0.191 e. The minimum Gasteiger partial charge on any atom is -0.382 e. The fourth-order valence-electron chi connectivity index (χ4n) is 2.85. The summed E-state index contributed by atoms with van der Waals surface area (Å²) >= 11 is 6.25. The summed E-state index contributed by atoms with van der Waals surface area (Å²) in [5.41, 5.74) is 0. The second kappa shape index (κ2) is 14.2. The van der Waals surface area contributed by atoms with Crippen LogP contribution >= 0.6 is 35.6 Å². The van der Waals surface area contributed by atoms with E-state index in [0.29, 0.717) is 24.3 Å². The molecular formula is C18H31ClIN5O2. The fraction of sp³-hybridized carbons (Fsp3) is 0.667. The first-order valence-electron chi connectivity index (χ1n) is 9.14. The monoisotopic (exact) mass is 511 g/mol. The summed E-state index contributed by atoms with van der Waals surface area (Å²) in [6.45, 7) is 4.74. The summed E-state index contributed by atoms with van der Waals surface area (Å²) in [6.07, 6.45) is 4.86. The van der Waals surface area contributed by atoms with Crippen LogP contribution in [0.3, 0.4) is 0 Å². The van der Waals surface area contributed by atoms with Gasteiger partial charge < -0.3 is 25.0 Å². The number of aliphatic imine (C=N–C) groups is 1. The molecule has 1 fully saturated rings. The van der Waals surface area contributed by atoms with Crippen molar-refractivity contribution in [3.05, 3.63) is 23.4 Å². The molecule has 0 saturated carbocycles. The van der Waals surface area contributed by atoms with Crippen LogP contribution in [-0.2, 0) is 9.47 Å². The predicted molar refractivity (Wildman–Crippen MR) is 122 cm³/mol. The number of nitrogens with one attached hydrogen (secondary N) is 2. The third-order valence-corrected chi connectivity index (χ3v) is 4.53. The number of aromatic nitrogens is 1. The SMILES string of the molecule is CN=C(NCCCCOCCOC)NC1CCN(c2ncccc2Cl)C1.I. The quantitative estimate of drug-likeness (QED) is 0.218. The molecule has 1 atom stereocenters. The number of methoxy groups -OCH3 is 1. The molecule has 0 bridgehead atoms. The number of ether oxygens (including phenoxy) is 2. The Bertz CT molecular complexity index is 564. The Morgan fingerprint density at radius 3 is 2.96 bits per heavy atom. The zero-order valence-corrected chi connectivity index (χ0v) is 19.2. The van der Waals surface area contributed by atoms with Gasteiger partial charge in [-0.05, 0) is 31.4 Å². The number of pyridine rings is 1. The molecule has 1 aliphatic heterocycles. The zero-order valence-electron chi connectivity index (χ0n) is 16.1. The van der Waals surface area contributed by atoms with Crippen molar-refractivity contribution in [2.75, 3.05) is 58.5 Å². The minimum absolute atomic E-state index is 0. The zero-order chi connectivity index (χ0) is 18.6. The van der Waals surface area contributed by atoms with E-state index < -0.39 is 0 Å². The summed E-state index contributed by atoms with van der Waals surface area (Å²) in [5, 5.41) is 7.54. The van der Waals surface area contributed by atoms with E-state index in [4.69, 9.17) is 21.1 Å². The Morgan fingerprint density at radius 2 is 2.22 bits per heavy atom. The van der Waals surface area contributed by atoms with Crippen molar-refractivity contribution in [1.29, 1.82) is 0 Å². The first kappa shape index (κ1) is 24.2. The number of anilines is 1. The third kappa shape index (κ3) is 8.80. The standard InChI is InChI=1S/C18H30ClN5O2.HI/c1-20-18(22-8-3-4-11-26-13-12-25-2)23-15-7-10-24(14-15)17-16(19)6-5-9-21-17;/h5-6,9,15H,3-4,7-8,10-14H2,1-2H3,(H2,20,22,23);1H. The molecular weight excluding hydrogens is 481 g/mol. The van der Waals surface area contributed by atoms with Crippen LogP contribution in [0, 0.1) is 0 Å². The molecule has 0 spiro atoms. The molecule has 1 aromatic heterocycles. The van der Waals surface area contributed by atoms with Gasteiger partial charge in [0.1, 0.15) is 5.82 Å². The second-order valence-electron chi connectivity index (χ2n) is 6.20. The van der Waals surface area contributed by atoms with Gasteiger partial charge in [0.25, 0.3) is 0 Å². The summed E-state index contributed by atoms with van der Waals surface area (Å²) in [4.78, 5) is 10.9. The summed E-state index contributed by atoms with van der Waals surface area (Å²) in [5.74, 6) is 1.69. The minimum atomic E-state index is 0. The van der Waals surface area contributed by atoms with Gasteiger partial charge in [0.2, 0.25) is 0 Å². The molecule has 2 heterocycles.